The molecule has 0 aromatic heterocycles. The SMILES string of the molecule is N#Cc1ccc(Br)cc1NC1CCCC1C1CCCCN1. The van der Waals surface area contributed by atoms with Gasteiger partial charge in [0.05, 0.1) is 11.3 Å². The van der Waals surface area contributed by atoms with E-state index in [4.69, 9.17) is 0 Å². The second kappa shape index (κ2) is 6.81. The van der Waals surface area contributed by atoms with Crippen LogP contribution in [0, 0.1) is 17.2 Å². The molecule has 1 aromatic carbocycles. The molecule has 1 aromatic rings. The Morgan fingerprint density at radius 1 is 1.19 bits per heavy atom. The van der Waals surface area contributed by atoms with Crippen LogP contribution >= 0.6 is 15.9 Å². The smallest absolute Gasteiger partial charge is 0.101 e. The van der Waals surface area contributed by atoms with Crippen LogP contribution in [0.25, 0.3) is 0 Å². The summed E-state index contributed by atoms with van der Waals surface area (Å²) in [6, 6.07) is 9.27. The number of hydrogen-bond acceptors (Lipinski definition) is 3. The summed E-state index contributed by atoms with van der Waals surface area (Å²) in [6.07, 6.45) is 7.75. The van der Waals surface area contributed by atoms with Gasteiger partial charge in [0.2, 0.25) is 0 Å². The van der Waals surface area contributed by atoms with Crippen LogP contribution in [0.15, 0.2) is 22.7 Å². The minimum atomic E-state index is 0.488. The van der Waals surface area contributed by atoms with Crippen molar-refractivity contribution in [2.24, 2.45) is 5.92 Å². The molecule has 112 valence electrons. The monoisotopic (exact) mass is 347 g/mol. The Kier molecular flexibility index (Phi) is 4.82. The Balaban J connectivity index is 1.74. The van der Waals surface area contributed by atoms with Crippen molar-refractivity contribution in [2.75, 3.05) is 11.9 Å². The molecule has 1 saturated carbocycles. The minimum Gasteiger partial charge on any atom is -0.381 e. The van der Waals surface area contributed by atoms with Gasteiger partial charge < -0.3 is 10.6 Å². The van der Waals surface area contributed by atoms with Crippen LogP contribution in [0.4, 0.5) is 5.69 Å². The highest BCUT2D eigenvalue weighted by Gasteiger charge is 2.34. The zero-order valence-electron chi connectivity index (χ0n) is 12.2. The molecule has 1 aliphatic heterocycles. The van der Waals surface area contributed by atoms with E-state index in [0.717, 1.165) is 22.3 Å². The first-order chi connectivity index (χ1) is 10.3. The molecule has 4 heteroatoms. The molecule has 0 amide bonds. The van der Waals surface area contributed by atoms with Crippen LogP contribution in [0.5, 0.6) is 0 Å². The summed E-state index contributed by atoms with van der Waals surface area (Å²) in [7, 11) is 0. The lowest BCUT2D eigenvalue weighted by Gasteiger charge is -2.33. The van der Waals surface area contributed by atoms with Gasteiger partial charge in [0.1, 0.15) is 6.07 Å². The summed E-state index contributed by atoms with van der Waals surface area (Å²) in [5.74, 6) is 0.691. The van der Waals surface area contributed by atoms with Crippen molar-refractivity contribution in [3.63, 3.8) is 0 Å². The number of rotatable bonds is 3. The Hall–Kier alpha value is -1.05. The molecule has 1 saturated heterocycles. The normalized spacial score (nSPS) is 29.0. The van der Waals surface area contributed by atoms with Gasteiger partial charge in [-0.05, 0) is 56.3 Å². The van der Waals surface area contributed by atoms with Crippen LogP contribution < -0.4 is 10.6 Å². The molecular formula is C17H22BrN3. The summed E-state index contributed by atoms with van der Waals surface area (Å²) in [5, 5.41) is 16.6. The number of nitriles is 1. The van der Waals surface area contributed by atoms with Gasteiger partial charge in [-0.2, -0.15) is 5.26 Å². The Labute approximate surface area is 135 Å². The second-order valence-corrected chi connectivity index (χ2v) is 7.12. The van der Waals surface area contributed by atoms with E-state index in [2.05, 4.69) is 32.6 Å². The third kappa shape index (κ3) is 3.41. The summed E-state index contributed by atoms with van der Waals surface area (Å²) >= 11 is 3.50. The molecule has 2 N–H and O–H groups in total. The first-order valence-electron chi connectivity index (χ1n) is 7.97. The molecule has 2 aliphatic rings. The van der Waals surface area contributed by atoms with Crippen molar-refractivity contribution in [1.29, 1.82) is 5.26 Å². The van der Waals surface area contributed by atoms with Crippen molar-refractivity contribution < 1.29 is 0 Å². The van der Waals surface area contributed by atoms with Crippen LogP contribution in [0.2, 0.25) is 0 Å². The zero-order chi connectivity index (χ0) is 14.7. The number of anilines is 1. The Morgan fingerprint density at radius 2 is 2.10 bits per heavy atom. The fourth-order valence-corrected chi connectivity index (χ4v) is 4.19. The van der Waals surface area contributed by atoms with Crippen LogP contribution in [-0.2, 0) is 0 Å². The van der Waals surface area contributed by atoms with Crippen LogP contribution in [0.3, 0.4) is 0 Å². The van der Waals surface area contributed by atoms with Gasteiger partial charge in [0, 0.05) is 16.6 Å². The largest absolute Gasteiger partial charge is 0.381 e. The molecule has 21 heavy (non-hydrogen) atoms. The fraction of sp³-hybridized carbons (Fsp3) is 0.588. The summed E-state index contributed by atoms with van der Waals surface area (Å²) in [4.78, 5) is 0. The molecule has 0 spiro atoms. The van der Waals surface area contributed by atoms with Crippen molar-refractivity contribution >= 4 is 21.6 Å². The third-order valence-electron chi connectivity index (χ3n) is 4.88. The van der Waals surface area contributed by atoms with Crippen LogP contribution in [0.1, 0.15) is 44.1 Å². The summed E-state index contributed by atoms with van der Waals surface area (Å²) in [6.45, 7) is 1.16. The zero-order valence-corrected chi connectivity index (χ0v) is 13.8. The van der Waals surface area contributed by atoms with Gasteiger partial charge in [0.15, 0.2) is 0 Å². The molecule has 2 fully saturated rings. The Morgan fingerprint density at radius 3 is 2.86 bits per heavy atom. The average Bonchev–Trinajstić information content (AvgIpc) is 2.96. The standard InChI is InChI=1S/C17H22BrN3/c18-13-8-7-12(11-19)17(10-13)21-16-6-3-4-14(16)15-5-1-2-9-20-15/h7-8,10,14-16,20-21H,1-6,9H2. The van der Waals surface area contributed by atoms with E-state index in [1.54, 1.807) is 0 Å². The van der Waals surface area contributed by atoms with E-state index in [-0.39, 0.29) is 0 Å². The van der Waals surface area contributed by atoms with Crippen molar-refractivity contribution in [3.05, 3.63) is 28.2 Å². The first-order valence-corrected chi connectivity index (χ1v) is 8.77. The fourth-order valence-electron chi connectivity index (χ4n) is 3.83. The van der Waals surface area contributed by atoms with E-state index in [1.807, 2.05) is 18.2 Å². The number of benzene rings is 1. The maximum Gasteiger partial charge on any atom is 0.101 e. The van der Waals surface area contributed by atoms with Gasteiger partial charge in [-0.1, -0.05) is 28.8 Å². The highest BCUT2D eigenvalue weighted by Crippen LogP contribution is 2.34. The molecule has 1 aliphatic carbocycles. The third-order valence-corrected chi connectivity index (χ3v) is 5.37. The maximum absolute atomic E-state index is 9.28. The molecule has 3 unspecified atom stereocenters. The van der Waals surface area contributed by atoms with Gasteiger partial charge in [0.25, 0.3) is 0 Å². The van der Waals surface area contributed by atoms with E-state index >= 15 is 0 Å². The van der Waals surface area contributed by atoms with Gasteiger partial charge in [-0.3, -0.25) is 0 Å². The van der Waals surface area contributed by atoms with Crippen molar-refractivity contribution in [3.8, 4) is 6.07 Å². The second-order valence-electron chi connectivity index (χ2n) is 6.20. The number of piperidine rings is 1. The maximum atomic E-state index is 9.28. The van der Waals surface area contributed by atoms with Gasteiger partial charge >= 0.3 is 0 Å². The molecule has 1 heterocycles. The molecule has 3 rings (SSSR count). The van der Waals surface area contributed by atoms with Gasteiger partial charge in [-0.25, -0.2) is 0 Å². The molecule has 3 nitrogen and oxygen atoms in total. The average molecular weight is 348 g/mol. The lowest BCUT2D eigenvalue weighted by Crippen LogP contribution is -2.44. The van der Waals surface area contributed by atoms with Crippen LogP contribution in [-0.4, -0.2) is 18.6 Å². The summed E-state index contributed by atoms with van der Waals surface area (Å²) in [5.41, 5.74) is 1.71. The highest BCUT2D eigenvalue weighted by atomic mass is 79.9. The predicted octanol–water partition coefficient (Wildman–Crippen LogP) is 4.04. The molecule has 3 atom stereocenters. The quantitative estimate of drug-likeness (QED) is 0.867. The van der Waals surface area contributed by atoms with E-state index in [0.29, 0.717) is 18.0 Å². The minimum absolute atomic E-state index is 0.488. The van der Waals surface area contributed by atoms with Crippen molar-refractivity contribution in [2.45, 2.75) is 50.6 Å². The first kappa shape index (κ1) is 14.9. The Bertz CT molecular complexity index is 531. The number of nitrogens with one attached hydrogen (secondary N) is 2. The molecule has 0 bridgehead atoms. The number of hydrogen-bond donors (Lipinski definition) is 2. The highest BCUT2D eigenvalue weighted by molar-refractivity contribution is 9.10. The lowest BCUT2D eigenvalue weighted by molar-refractivity contribution is 0.286. The van der Waals surface area contributed by atoms with E-state index < -0.39 is 0 Å². The molecular weight excluding hydrogens is 326 g/mol. The van der Waals surface area contributed by atoms with E-state index in [9.17, 15) is 5.26 Å². The number of halogens is 1. The van der Waals surface area contributed by atoms with E-state index in [1.165, 1.54) is 38.5 Å². The lowest BCUT2D eigenvalue weighted by atomic mass is 9.88. The summed E-state index contributed by atoms with van der Waals surface area (Å²) < 4.78 is 1.02. The number of nitrogens with zero attached hydrogens (tertiary/aromatic N) is 1. The van der Waals surface area contributed by atoms with Gasteiger partial charge in [-0.15, -0.1) is 0 Å². The predicted molar refractivity (Wildman–Crippen MR) is 89.3 cm³/mol. The molecule has 0 radical (unpaired) electrons. The topological polar surface area (TPSA) is 47.9 Å². The van der Waals surface area contributed by atoms with Crippen molar-refractivity contribution in [1.82, 2.24) is 5.32 Å².